The van der Waals surface area contributed by atoms with E-state index in [4.69, 9.17) is 32.7 Å². The fourth-order valence-corrected chi connectivity index (χ4v) is 3.71. The molecule has 1 N–H and O–H groups in total. The van der Waals surface area contributed by atoms with Crippen LogP contribution >= 0.6 is 39.1 Å². The van der Waals surface area contributed by atoms with Gasteiger partial charge in [0.2, 0.25) is 0 Å². The van der Waals surface area contributed by atoms with Gasteiger partial charge in [-0.05, 0) is 35.4 Å². The van der Waals surface area contributed by atoms with Crippen LogP contribution in [0.1, 0.15) is 16.7 Å². The van der Waals surface area contributed by atoms with E-state index in [1.165, 1.54) is 5.56 Å². The van der Waals surface area contributed by atoms with Gasteiger partial charge in [-0.1, -0.05) is 75.5 Å². The van der Waals surface area contributed by atoms with E-state index in [0.717, 1.165) is 22.1 Å². The third-order valence-electron chi connectivity index (χ3n) is 4.25. The summed E-state index contributed by atoms with van der Waals surface area (Å²) in [6, 6.07) is 19.5. The minimum atomic E-state index is 0.257. The molecular formula is C22H20BrCl2NO2. The number of benzene rings is 3. The van der Waals surface area contributed by atoms with Crippen LogP contribution in [0.3, 0.4) is 0 Å². The van der Waals surface area contributed by atoms with Crippen LogP contribution in [0.5, 0.6) is 11.5 Å². The molecular weight excluding hydrogens is 461 g/mol. The van der Waals surface area contributed by atoms with Crippen molar-refractivity contribution in [3.63, 3.8) is 0 Å². The molecule has 0 saturated carbocycles. The fraction of sp³-hybridized carbons (Fsp3) is 0.182. The Morgan fingerprint density at radius 2 is 1.61 bits per heavy atom. The van der Waals surface area contributed by atoms with Crippen LogP contribution in [0.15, 0.2) is 65.1 Å². The molecule has 146 valence electrons. The molecule has 0 aliphatic carbocycles. The van der Waals surface area contributed by atoms with Crippen molar-refractivity contribution in [3.8, 4) is 11.5 Å². The van der Waals surface area contributed by atoms with Crippen LogP contribution in [-0.2, 0) is 19.7 Å². The first-order valence-electron chi connectivity index (χ1n) is 8.75. The maximum Gasteiger partial charge on any atom is 0.162 e. The van der Waals surface area contributed by atoms with Gasteiger partial charge < -0.3 is 14.8 Å². The molecule has 0 atom stereocenters. The summed E-state index contributed by atoms with van der Waals surface area (Å²) in [6.45, 7) is 1.74. The van der Waals surface area contributed by atoms with E-state index < -0.39 is 0 Å². The van der Waals surface area contributed by atoms with Crippen molar-refractivity contribution < 1.29 is 9.47 Å². The van der Waals surface area contributed by atoms with E-state index in [1.54, 1.807) is 19.2 Å². The highest BCUT2D eigenvalue weighted by atomic mass is 79.9. The number of hydrogen-bond donors (Lipinski definition) is 1. The Morgan fingerprint density at radius 1 is 0.893 bits per heavy atom. The Hall–Kier alpha value is -1.72. The lowest BCUT2D eigenvalue weighted by Crippen LogP contribution is -2.13. The van der Waals surface area contributed by atoms with Gasteiger partial charge >= 0.3 is 0 Å². The maximum atomic E-state index is 6.22. The highest BCUT2D eigenvalue weighted by Crippen LogP contribution is 2.35. The van der Waals surface area contributed by atoms with Gasteiger partial charge in [0.05, 0.1) is 7.11 Å². The molecule has 0 unspecified atom stereocenters. The molecule has 3 aromatic rings. The van der Waals surface area contributed by atoms with E-state index >= 15 is 0 Å². The molecule has 0 saturated heterocycles. The van der Waals surface area contributed by atoms with Gasteiger partial charge in [-0.2, -0.15) is 0 Å². The minimum Gasteiger partial charge on any atom is -0.493 e. The number of rotatable bonds is 8. The lowest BCUT2D eigenvalue weighted by molar-refractivity contribution is 0.284. The van der Waals surface area contributed by atoms with Gasteiger partial charge in [0, 0.05) is 33.2 Å². The summed E-state index contributed by atoms with van der Waals surface area (Å²) in [5.74, 6) is 1.28. The third kappa shape index (κ3) is 5.42. The van der Waals surface area contributed by atoms with Crippen LogP contribution in [0.4, 0.5) is 0 Å². The molecule has 0 bridgehead atoms. The van der Waals surface area contributed by atoms with Gasteiger partial charge in [-0.25, -0.2) is 0 Å². The van der Waals surface area contributed by atoms with Crippen molar-refractivity contribution >= 4 is 39.1 Å². The second-order valence-electron chi connectivity index (χ2n) is 6.17. The Kier molecular flexibility index (Phi) is 7.63. The quantitative estimate of drug-likeness (QED) is 0.392. The van der Waals surface area contributed by atoms with Crippen molar-refractivity contribution in [2.75, 3.05) is 7.11 Å². The molecule has 0 radical (unpaired) electrons. The smallest absolute Gasteiger partial charge is 0.162 e. The zero-order chi connectivity index (χ0) is 19.9. The van der Waals surface area contributed by atoms with E-state index in [2.05, 4.69) is 33.4 Å². The lowest BCUT2D eigenvalue weighted by Gasteiger charge is -2.15. The molecule has 28 heavy (non-hydrogen) atoms. The third-order valence-corrected chi connectivity index (χ3v) is 5.70. The molecule has 3 nitrogen and oxygen atoms in total. The zero-order valence-corrected chi connectivity index (χ0v) is 18.4. The van der Waals surface area contributed by atoms with Gasteiger partial charge in [-0.15, -0.1) is 0 Å². The van der Waals surface area contributed by atoms with Crippen molar-refractivity contribution in [1.29, 1.82) is 0 Å². The molecule has 0 amide bonds. The number of hydrogen-bond acceptors (Lipinski definition) is 3. The Morgan fingerprint density at radius 3 is 2.29 bits per heavy atom. The second kappa shape index (κ2) is 10.2. The monoisotopic (exact) mass is 479 g/mol. The molecule has 0 aliphatic heterocycles. The first-order chi connectivity index (χ1) is 13.6. The number of methoxy groups -OCH3 is 1. The molecule has 0 heterocycles. The van der Waals surface area contributed by atoms with Crippen LogP contribution in [-0.4, -0.2) is 7.11 Å². The lowest BCUT2D eigenvalue weighted by atomic mass is 10.1. The highest BCUT2D eigenvalue weighted by Gasteiger charge is 2.13. The van der Waals surface area contributed by atoms with E-state index in [9.17, 15) is 0 Å². The van der Waals surface area contributed by atoms with Crippen molar-refractivity contribution in [2.45, 2.75) is 19.7 Å². The predicted octanol–water partition coefficient (Wildman–Crippen LogP) is 6.63. The number of nitrogens with one attached hydrogen (secondary N) is 1. The van der Waals surface area contributed by atoms with E-state index in [1.807, 2.05) is 36.4 Å². The van der Waals surface area contributed by atoms with Crippen molar-refractivity contribution in [1.82, 2.24) is 5.32 Å². The number of ether oxygens (including phenoxy) is 2. The zero-order valence-electron chi connectivity index (χ0n) is 15.3. The van der Waals surface area contributed by atoms with Crippen LogP contribution in [0.2, 0.25) is 10.0 Å². The van der Waals surface area contributed by atoms with Crippen LogP contribution in [0, 0.1) is 0 Å². The Labute approximate surface area is 183 Å². The first kappa shape index (κ1) is 21.0. The molecule has 3 rings (SSSR count). The SMILES string of the molecule is COc1cc(CNCc2ccccc2)c(Br)cc1OCc1c(Cl)cccc1Cl. The largest absolute Gasteiger partial charge is 0.493 e. The summed E-state index contributed by atoms with van der Waals surface area (Å²) >= 11 is 16.1. The van der Waals surface area contributed by atoms with E-state index in [-0.39, 0.29) is 6.61 Å². The van der Waals surface area contributed by atoms with Gasteiger partial charge in [0.15, 0.2) is 11.5 Å². The average molecular weight is 481 g/mol. The second-order valence-corrected chi connectivity index (χ2v) is 7.84. The van der Waals surface area contributed by atoms with E-state index in [0.29, 0.717) is 28.1 Å². The Balaban J connectivity index is 1.68. The summed E-state index contributed by atoms with van der Waals surface area (Å²) in [7, 11) is 1.62. The topological polar surface area (TPSA) is 30.5 Å². The summed E-state index contributed by atoms with van der Waals surface area (Å²) < 4.78 is 12.4. The Bertz CT molecular complexity index is 915. The fourth-order valence-electron chi connectivity index (χ4n) is 2.74. The minimum absolute atomic E-state index is 0.257. The van der Waals surface area contributed by atoms with Gasteiger partial charge in [0.25, 0.3) is 0 Å². The molecule has 6 heteroatoms. The summed E-state index contributed by atoms with van der Waals surface area (Å²) in [5, 5.41) is 4.59. The summed E-state index contributed by atoms with van der Waals surface area (Å²) in [4.78, 5) is 0. The predicted molar refractivity (Wildman–Crippen MR) is 118 cm³/mol. The van der Waals surface area contributed by atoms with Crippen LogP contribution in [0.25, 0.3) is 0 Å². The first-order valence-corrected chi connectivity index (χ1v) is 10.3. The normalized spacial score (nSPS) is 10.7. The highest BCUT2D eigenvalue weighted by molar-refractivity contribution is 9.10. The summed E-state index contributed by atoms with van der Waals surface area (Å²) in [6.07, 6.45) is 0. The molecule has 3 aromatic carbocycles. The maximum absolute atomic E-state index is 6.22. The van der Waals surface area contributed by atoms with Crippen molar-refractivity contribution in [3.05, 3.63) is 91.9 Å². The molecule has 0 aliphatic rings. The standard InChI is InChI=1S/C22H20BrCl2NO2/c1-27-21-10-16(13-26-12-15-6-3-2-4-7-15)18(23)11-22(21)28-14-17-19(24)8-5-9-20(17)25/h2-11,26H,12-14H2,1H3. The van der Waals surface area contributed by atoms with Gasteiger partial charge in [-0.3, -0.25) is 0 Å². The van der Waals surface area contributed by atoms with Crippen LogP contribution < -0.4 is 14.8 Å². The summed E-state index contributed by atoms with van der Waals surface area (Å²) in [5.41, 5.74) is 3.07. The van der Waals surface area contributed by atoms with Gasteiger partial charge in [0.1, 0.15) is 6.61 Å². The van der Waals surface area contributed by atoms with Crippen molar-refractivity contribution in [2.24, 2.45) is 0 Å². The molecule has 0 spiro atoms. The molecule has 0 fully saturated rings. The molecule has 0 aromatic heterocycles. The number of halogens is 3. The average Bonchev–Trinajstić information content (AvgIpc) is 2.70.